The number of primary amides is 1. The van der Waals surface area contributed by atoms with Crippen molar-refractivity contribution in [2.75, 3.05) is 14.1 Å². The number of hydrogen-bond donors (Lipinski definition) is 2. The second-order valence-corrected chi connectivity index (χ2v) is 8.29. The Morgan fingerprint density at radius 2 is 1.46 bits per heavy atom. The summed E-state index contributed by atoms with van der Waals surface area (Å²) < 4.78 is 121. The summed E-state index contributed by atoms with van der Waals surface area (Å²) >= 11 is 0. The molecular formula is C14H23F7N2O4S. The normalized spacial score (nSPS) is 16.2. The Hall–Kier alpha value is -1.15. The molecule has 0 aromatic rings. The fraction of sp³-hybridized carbons (Fsp3) is 0.929. The van der Waals surface area contributed by atoms with E-state index in [1.165, 1.54) is 19.0 Å². The number of nitrogens with zero attached hydrogens (tertiary/aromatic N) is 1. The molecule has 0 spiro atoms. The van der Waals surface area contributed by atoms with Crippen molar-refractivity contribution in [1.82, 2.24) is 4.90 Å². The van der Waals surface area contributed by atoms with Crippen molar-refractivity contribution in [1.29, 1.82) is 0 Å². The zero-order valence-corrected chi connectivity index (χ0v) is 16.0. The molecular weight excluding hydrogens is 425 g/mol. The summed E-state index contributed by atoms with van der Waals surface area (Å²) in [6.07, 6.45) is -16.4. The van der Waals surface area contributed by atoms with E-state index >= 15 is 0 Å². The Morgan fingerprint density at radius 3 is 1.79 bits per heavy atom. The lowest BCUT2D eigenvalue weighted by atomic mass is 9.95. The van der Waals surface area contributed by atoms with Crippen LogP contribution < -0.4 is 5.73 Å². The Bertz CT molecular complexity index is 606. The van der Waals surface area contributed by atoms with E-state index in [2.05, 4.69) is 0 Å². The van der Waals surface area contributed by atoms with Crippen LogP contribution in [-0.4, -0.2) is 67.2 Å². The van der Waals surface area contributed by atoms with Gasteiger partial charge < -0.3 is 10.6 Å². The fourth-order valence-corrected chi connectivity index (χ4v) is 3.93. The number of nitrogens with two attached hydrogens (primary N) is 1. The number of carbonyl (C=O) groups excluding carboxylic acids is 1. The zero-order chi connectivity index (χ0) is 22.6. The van der Waals surface area contributed by atoms with Crippen molar-refractivity contribution in [3.63, 3.8) is 0 Å². The van der Waals surface area contributed by atoms with Gasteiger partial charge in [-0.05, 0) is 33.4 Å². The molecule has 14 heteroatoms. The highest BCUT2D eigenvalue weighted by molar-refractivity contribution is 7.86. The van der Waals surface area contributed by atoms with E-state index < -0.39 is 64.6 Å². The van der Waals surface area contributed by atoms with Crippen LogP contribution in [0.1, 0.15) is 38.5 Å². The van der Waals surface area contributed by atoms with Crippen LogP contribution in [0.25, 0.3) is 0 Å². The Kier molecular flexibility index (Phi) is 9.17. The maximum absolute atomic E-state index is 13.5. The molecule has 3 N–H and O–H groups in total. The molecule has 0 bridgehead atoms. The molecule has 0 aliphatic rings. The quantitative estimate of drug-likeness (QED) is 0.288. The number of carbonyl (C=O) groups is 1. The Morgan fingerprint density at radius 1 is 1.00 bits per heavy atom. The predicted octanol–water partition coefficient (Wildman–Crippen LogP) is 2.83. The van der Waals surface area contributed by atoms with Crippen molar-refractivity contribution < 1.29 is 48.5 Å². The van der Waals surface area contributed by atoms with E-state index in [1.807, 2.05) is 0 Å². The number of halogens is 7. The standard InChI is InChI=1S/C14H23F7N2O4S/c1-23(2)9(8-11(22)24)10(28(25,26)27)6-4-3-5-7-12(15,13(16,17)18)14(19,20)21/h9-10H,3-8H2,1-2H3,(H2,22,24)(H,25,26,27). The van der Waals surface area contributed by atoms with Crippen LogP contribution in [0.2, 0.25) is 0 Å². The molecule has 0 saturated heterocycles. The molecule has 1 amide bonds. The van der Waals surface area contributed by atoms with Gasteiger partial charge in [0.25, 0.3) is 15.8 Å². The van der Waals surface area contributed by atoms with Crippen LogP contribution in [0.3, 0.4) is 0 Å². The topological polar surface area (TPSA) is 101 Å². The van der Waals surface area contributed by atoms with Crippen LogP contribution in [-0.2, 0) is 14.9 Å². The molecule has 0 rings (SSSR count). The van der Waals surface area contributed by atoms with Crippen LogP contribution >= 0.6 is 0 Å². The third kappa shape index (κ3) is 7.35. The summed E-state index contributed by atoms with van der Waals surface area (Å²) in [5.74, 6) is -0.870. The number of alkyl halides is 7. The van der Waals surface area contributed by atoms with Gasteiger partial charge in [0.1, 0.15) is 5.25 Å². The second-order valence-electron chi connectivity index (χ2n) is 6.65. The fourth-order valence-electron chi connectivity index (χ4n) is 2.73. The summed E-state index contributed by atoms with van der Waals surface area (Å²) in [4.78, 5) is 12.4. The first-order valence-corrected chi connectivity index (χ1v) is 9.58. The molecule has 2 atom stereocenters. The molecule has 168 valence electrons. The third-order valence-electron chi connectivity index (χ3n) is 4.29. The summed E-state index contributed by atoms with van der Waals surface area (Å²) in [5, 5.41) is -1.55. The van der Waals surface area contributed by atoms with Gasteiger partial charge in [-0.1, -0.05) is 12.8 Å². The van der Waals surface area contributed by atoms with Crippen LogP contribution in [0.4, 0.5) is 30.7 Å². The Balaban J connectivity index is 5.03. The minimum absolute atomic E-state index is 0.223. The maximum Gasteiger partial charge on any atom is 0.431 e. The van der Waals surface area contributed by atoms with Gasteiger partial charge in [0.05, 0.1) is 0 Å². The molecule has 0 aromatic heterocycles. The van der Waals surface area contributed by atoms with Gasteiger partial charge in [-0.3, -0.25) is 9.35 Å². The smallest absolute Gasteiger partial charge is 0.370 e. The molecule has 28 heavy (non-hydrogen) atoms. The van der Waals surface area contributed by atoms with Crippen molar-refractivity contribution in [2.45, 2.75) is 67.8 Å². The van der Waals surface area contributed by atoms with E-state index in [1.54, 1.807) is 0 Å². The highest BCUT2D eigenvalue weighted by Crippen LogP contribution is 2.49. The third-order valence-corrected chi connectivity index (χ3v) is 5.61. The van der Waals surface area contributed by atoms with E-state index in [0.717, 1.165) is 0 Å². The summed E-state index contributed by atoms with van der Waals surface area (Å²) in [6.45, 7) is 0. The molecule has 0 aromatic carbocycles. The lowest BCUT2D eigenvalue weighted by Gasteiger charge is -2.30. The van der Waals surface area contributed by atoms with Gasteiger partial charge in [0, 0.05) is 12.5 Å². The van der Waals surface area contributed by atoms with Gasteiger partial charge in [-0.2, -0.15) is 34.8 Å². The van der Waals surface area contributed by atoms with Gasteiger partial charge >= 0.3 is 12.4 Å². The highest BCUT2D eigenvalue weighted by Gasteiger charge is 2.71. The summed E-state index contributed by atoms with van der Waals surface area (Å²) in [6, 6.07) is -1.06. The molecule has 6 nitrogen and oxygen atoms in total. The van der Waals surface area contributed by atoms with Gasteiger partial charge in [0.15, 0.2) is 0 Å². The predicted molar refractivity (Wildman–Crippen MR) is 85.7 cm³/mol. The summed E-state index contributed by atoms with van der Waals surface area (Å²) in [5.41, 5.74) is -0.339. The van der Waals surface area contributed by atoms with Gasteiger partial charge in [-0.15, -0.1) is 0 Å². The van der Waals surface area contributed by atoms with Crippen molar-refractivity contribution >= 4 is 16.0 Å². The van der Waals surface area contributed by atoms with Gasteiger partial charge in [0.2, 0.25) is 5.91 Å². The van der Waals surface area contributed by atoms with Crippen molar-refractivity contribution in [3.8, 4) is 0 Å². The lowest BCUT2D eigenvalue weighted by molar-refractivity contribution is -0.343. The number of rotatable bonds is 11. The molecule has 0 radical (unpaired) electrons. The Labute approximate surface area is 158 Å². The largest absolute Gasteiger partial charge is 0.431 e. The molecule has 0 aliphatic heterocycles. The molecule has 0 saturated carbocycles. The first kappa shape index (κ1) is 26.9. The second kappa shape index (κ2) is 9.57. The van der Waals surface area contributed by atoms with E-state index in [9.17, 15) is 48.5 Å². The van der Waals surface area contributed by atoms with E-state index in [0.29, 0.717) is 0 Å². The first-order chi connectivity index (χ1) is 12.3. The summed E-state index contributed by atoms with van der Waals surface area (Å²) in [7, 11) is -1.90. The SMILES string of the molecule is CN(C)C(CC(N)=O)C(CCCCCC(F)(C(F)(F)F)C(F)(F)F)S(=O)(=O)O. The average molecular weight is 448 g/mol. The first-order valence-electron chi connectivity index (χ1n) is 8.08. The van der Waals surface area contributed by atoms with Gasteiger partial charge in [-0.25, -0.2) is 4.39 Å². The van der Waals surface area contributed by atoms with Crippen LogP contribution in [0, 0.1) is 0 Å². The molecule has 0 fully saturated rings. The molecule has 2 unspecified atom stereocenters. The number of hydrogen-bond acceptors (Lipinski definition) is 4. The highest BCUT2D eigenvalue weighted by atomic mass is 32.2. The maximum atomic E-state index is 13.5. The van der Waals surface area contributed by atoms with E-state index in [-0.39, 0.29) is 19.3 Å². The zero-order valence-electron chi connectivity index (χ0n) is 15.1. The number of amides is 1. The minimum atomic E-state index is -6.14. The lowest BCUT2D eigenvalue weighted by Crippen LogP contribution is -2.53. The molecule has 0 heterocycles. The van der Waals surface area contributed by atoms with Crippen LogP contribution in [0.5, 0.6) is 0 Å². The van der Waals surface area contributed by atoms with E-state index in [4.69, 9.17) is 5.73 Å². The monoisotopic (exact) mass is 448 g/mol. The van der Waals surface area contributed by atoms with Crippen molar-refractivity contribution in [3.05, 3.63) is 0 Å². The molecule has 0 aliphatic carbocycles. The minimum Gasteiger partial charge on any atom is -0.370 e. The van der Waals surface area contributed by atoms with Crippen LogP contribution in [0.15, 0.2) is 0 Å². The average Bonchev–Trinajstić information content (AvgIpc) is 2.44. The number of unbranched alkanes of at least 4 members (excludes halogenated alkanes) is 2. The van der Waals surface area contributed by atoms with Crippen molar-refractivity contribution in [2.24, 2.45) is 5.73 Å².